The lowest BCUT2D eigenvalue weighted by Gasteiger charge is -2.32. The van der Waals surface area contributed by atoms with Crippen molar-refractivity contribution in [3.63, 3.8) is 0 Å². The Morgan fingerprint density at radius 1 is 1.27 bits per heavy atom. The fraction of sp³-hybridized carbons (Fsp3) is 0.429. The first kappa shape index (κ1) is 18.6. The summed E-state index contributed by atoms with van der Waals surface area (Å²) in [4.78, 5) is 28.4. The van der Waals surface area contributed by atoms with Crippen molar-refractivity contribution in [2.45, 2.75) is 39.7 Å². The van der Waals surface area contributed by atoms with Gasteiger partial charge in [0.05, 0.1) is 11.0 Å². The molecule has 1 fully saturated rings. The van der Waals surface area contributed by atoms with E-state index in [0.717, 1.165) is 29.8 Å². The third-order valence-corrected chi connectivity index (χ3v) is 5.63. The molecule has 0 saturated carbocycles. The molecule has 1 aliphatic rings. The zero-order chi connectivity index (χ0) is 18.7. The number of ether oxygens (including phenoxy) is 1. The van der Waals surface area contributed by atoms with Crippen molar-refractivity contribution in [3.05, 3.63) is 51.7 Å². The number of nitrogens with zero attached hydrogens (tertiary/aromatic N) is 1. The minimum Gasteiger partial charge on any atom is -0.491 e. The first-order valence-electron chi connectivity index (χ1n) is 9.10. The normalized spacial score (nSPS) is 17.4. The first-order chi connectivity index (χ1) is 12.5. The van der Waals surface area contributed by atoms with Gasteiger partial charge in [0.15, 0.2) is 5.78 Å². The summed E-state index contributed by atoms with van der Waals surface area (Å²) < 4.78 is 5.70. The van der Waals surface area contributed by atoms with Crippen LogP contribution in [0.4, 0.5) is 0 Å². The van der Waals surface area contributed by atoms with Gasteiger partial charge in [-0.3, -0.25) is 9.59 Å². The van der Waals surface area contributed by atoms with Crippen LogP contribution in [0.15, 0.2) is 35.7 Å². The second kappa shape index (κ2) is 8.04. The molecule has 1 aliphatic heterocycles. The lowest BCUT2D eigenvalue weighted by atomic mass is 9.89. The minimum absolute atomic E-state index is 0.0480. The number of carbonyl (C=O) groups is 2. The van der Waals surface area contributed by atoms with Crippen LogP contribution in [0.1, 0.15) is 52.3 Å². The average Bonchev–Trinajstić information content (AvgIpc) is 3.06. The summed E-state index contributed by atoms with van der Waals surface area (Å²) in [6.45, 7) is 7.09. The van der Waals surface area contributed by atoms with E-state index in [1.807, 2.05) is 61.4 Å². The van der Waals surface area contributed by atoms with Crippen LogP contribution in [-0.4, -0.2) is 35.8 Å². The molecule has 0 spiro atoms. The van der Waals surface area contributed by atoms with Gasteiger partial charge in [-0.15, -0.1) is 11.3 Å². The average molecular weight is 372 g/mol. The van der Waals surface area contributed by atoms with E-state index in [4.69, 9.17) is 4.74 Å². The Morgan fingerprint density at radius 3 is 2.77 bits per heavy atom. The summed E-state index contributed by atoms with van der Waals surface area (Å²) in [5, 5.41) is 1.94. The van der Waals surface area contributed by atoms with Gasteiger partial charge < -0.3 is 9.64 Å². The molecule has 138 valence electrons. The molecule has 2 heterocycles. The molecule has 1 aromatic heterocycles. The summed E-state index contributed by atoms with van der Waals surface area (Å²) in [7, 11) is 0. The summed E-state index contributed by atoms with van der Waals surface area (Å²) in [5.41, 5.74) is 1.67. The largest absolute Gasteiger partial charge is 0.491 e. The Labute approximate surface area is 158 Å². The Balaban J connectivity index is 1.72. The van der Waals surface area contributed by atoms with Gasteiger partial charge in [0, 0.05) is 24.6 Å². The van der Waals surface area contributed by atoms with Gasteiger partial charge in [-0.25, -0.2) is 0 Å². The van der Waals surface area contributed by atoms with Gasteiger partial charge >= 0.3 is 0 Å². The molecule has 0 radical (unpaired) electrons. The summed E-state index contributed by atoms with van der Waals surface area (Å²) in [5.74, 6) is 0.706. The zero-order valence-corrected chi connectivity index (χ0v) is 16.3. The summed E-state index contributed by atoms with van der Waals surface area (Å²) >= 11 is 1.47. The number of likely N-dealkylation sites (tertiary alicyclic amines) is 1. The lowest BCUT2D eigenvalue weighted by Crippen LogP contribution is -2.42. The second-order valence-electron chi connectivity index (χ2n) is 7.08. The van der Waals surface area contributed by atoms with Gasteiger partial charge in [-0.05, 0) is 62.8 Å². The predicted molar refractivity (Wildman–Crippen MR) is 104 cm³/mol. The number of ketones is 1. The van der Waals surface area contributed by atoms with Gasteiger partial charge in [0.25, 0.3) is 5.91 Å². The molecule has 1 saturated heterocycles. The first-order valence-corrected chi connectivity index (χ1v) is 9.98. The van der Waals surface area contributed by atoms with Crippen LogP contribution in [0.2, 0.25) is 0 Å². The van der Waals surface area contributed by atoms with Crippen LogP contribution in [0.5, 0.6) is 5.75 Å². The SMILES string of the molecule is Cc1ccsc1C(=O)N1CCCC(C(=O)c2cccc(OC(C)C)c2)C1. The Hall–Kier alpha value is -2.14. The van der Waals surface area contributed by atoms with E-state index >= 15 is 0 Å². The molecular weight excluding hydrogens is 346 g/mol. The number of thiophene rings is 1. The van der Waals surface area contributed by atoms with Crippen molar-refractivity contribution in [1.82, 2.24) is 4.90 Å². The maximum atomic E-state index is 13.0. The molecule has 1 aromatic carbocycles. The highest BCUT2D eigenvalue weighted by molar-refractivity contribution is 7.12. The highest BCUT2D eigenvalue weighted by Crippen LogP contribution is 2.26. The van der Waals surface area contributed by atoms with Crippen molar-refractivity contribution in [2.24, 2.45) is 5.92 Å². The van der Waals surface area contributed by atoms with Gasteiger partial charge in [0.1, 0.15) is 5.75 Å². The predicted octanol–water partition coefficient (Wildman–Crippen LogP) is 4.58. The molecule has 4 nitrogen and oxygen atoms in total. The van der Waals surface area contributed by atoms with E-state index in [1.54, 1.807) is 0 Å². The van der Waals surface area contributed by atoms with Crippen LogP contribution >= 0.6 is 11.3 Å². The molecule has 26 heavy (non-hydrogen) atoms. The van der Waals surface area contributed by atoms with Crippen molar-refractivity contribution < 1.29 is 14.3 Å². The fourth-order valence-corrected chi connectivity index (χ4v) is 4.23. The molecular formula is C21H25NO3S. The monoisotopic (exact) mass is 371 g/mol. The van der Waals surface area contributed by atoms with E-state index in [1.165, 1.54) is 11.3 Å². The molecule has 5 heteroatoms. The number of piperidine rings is 1. The Morgan fingerprint density at radius 2 is 2.08 bits per heavy atom. The van der Waals surface area contributed by atoms with E-state index in [9.17, 15) is 9.59 Å². The highest BCUT2D eigenvalue weighted by atomic mass is 32.1. The molecule has 1 amide bonds. The minimum atomic E-state index is -0.151. The van der Waals surface area contributed by atoms with Crippen molar-refractivity contribution >= 4 is 23.0 Å². The zero-order valence-electron chi connectivity index (χ0n) is 15.5. The van der Waals surface area contributed by atoms with E-state index in [-0.39, 0.29) is 23.7 Å². The highest BCUT2D eigenvalue weighted by Gasteiger charge is 2.30. The van der Waals surface area contributed by atoms with Crippen LogP contribution in [-0.2, 0) is 0 Å². The lowest BCUT2D eigenvalue weighted by molar-refractivity contribution is 0.0640. The van der Waals surface area contributed by atoms with Crippen molar-refractivity contribution in [3.8, 4) is 5.75 Å². The maximum absolute atomic E-state index is 13.0. The maximum Gasteiger partial charge on any atom is 0.264 e. The number of amides is 1. The fourth-order valence-electron chi connectivity index (χ4n) is 3.34. The quantitative estimate of drug-likeness (QED) is 0.723. The van der Waals surface area contributed by atoms with Crippen LogP contribution < -0.4 is 4.74 Å². The van der Waals surface area contributed by atoms with Crippen LogP contribution in [0, 0.1) is 12.8 Å². The number of benzene rings is 1. The molecule has 3 rings (SSSR count). The molecule has 2 aromatic rings. The topological polar surface area (TPSA) is 46.6 Å². The van der Waals surface area contributed by atoms with E-state index in [2.05, 4.69) is 0 Å². The van der Waals surface area contributed by atoms with Crippen molar-refractivity contribution in [1.29, 1.82) is 0 Å². The molecule has 1 atom stereocenters. The molecule has 1 unspecified atom stereocenters. The molecule has 0 bridgehead atoms. The van der Waals surface area contributed by atoms with Crippen molar-refractivity contribution in [2.75, 3.05) is 13.1 Å². The third kappa shape index (κ3) is 4.15. The number of aryl methyl sites for hydroxylation is 1. The van der Waals surface area contributed by atoms with Gasteiger partial charge in [-0.2, -0.15) is 0 Å². The number of rotatable bonds is 5. The third-order valence-electron chi connectivity index (χ3n) is 4.63. The number of hydrogen-bond donors (Lipinski definition) is 0. The Bertz CT molecular complexity index is 796. The van der Waals surface area contributed by atoms with E-state index < -0.39 is 0 Å². The smallest absolute Gasteiger partial charge is 0.264 e. The van der Waals surface area contributed by atoms with Gasteiger partial charge in [-0.1, -0.05) is 12.1 Å². The number of carbonyl (C=O) groups excluding carboxylic acids is 2. The van der Waals surface area contributed by atoms with E-state index in [0.29, 0.717) is 17.9 Å². The molecule has 0 N–H and O–H groups in total. The molecule has 0 aliphatic carbocycles. The number of Topliss-reactive ketones (excluding diaryl/α,β-unsaturated/α-hetero) is 1. The summed E-state index contributed by atoms with van der Waals surface area (Å²) in [6.07, 6.45) is 1.74. The van der Waals surface area contributed by atoms with Crippen LogP contribution in [0.3, 0.4) is 0 Å². The standard InChI is InChI=1S/C21H25NO3S/c1-14(2)25-18-8-4-6-16(12-18)19(23)17-7-5-10-22(13-17)21(24)20-15(3)9-11-26-20/h4,6,8-9,11-12,14,17H,5,7,10,13H2,1-3H3. The van der Waals surface area contributed by atoms with Crippen LogP contribution in [0.25, 0.3) is 0 Å². The Kier molecular flexibility index (Phi) is 5.77. The summed E-state index contributed by atoms with van der Waals surface area (Å²) in [6, 6.07) is 9.33. The second-order valence-corrected chi connectivity index (χ2v) is 8.00. The number of hydrogen-bond acceptors (Lipinski definition) is 4. The van der Waals surface area contributed by atoms with Gasteiger partial charge in [0.2, 0.25) is 0 Å².